The van der Waals surface area contributed by atoms with E-state index in [4.69, 9.17) is 11.2 Å². The number of ether oxygens (including phenoxy) is 1. The molecule has 0 saturated heterocycles. The molecule has 0 aromatic heterocycles. The second-order valence-electron chi connectivity index (χ2n) is 13.4. The lowest BCUT2D eigenvalue weighted by molar-refractivity contribution is 0.295. The number of hydrogen-bond acceptors (Lipinski definition) is 1. The van der Waals surface area contributed by atoms with Crippen LogP contribution in [-0.4, -0.2) is 6.61 Å². The number of hydrogen-bond donors (Lipinski definition) is 0. The van der Waals surface area contributed by atoms with Crippen LogP contribution in [0, 0.1) is 12.3 Å². The van der Waals surface area contributed by atoms with Gasteiger partial charge in [-0.2, -0.15) is 0 Å². The molecule has 5 aromatic carbocycles. The van der Waals surface area contributed by atoms with Gasteiger partial charge in [0, 0.05) is 40.4 Å². The fourth-order valence-corrected chi connectivity index (χ4v) is 9.41. The summed E-state index contributed by atoms with van der Waals surface area (Å²) in [5.74, 6) is 4.90. The van der Waals surface area contributed by atoms with Gasteiger partial charge in [0.25, 0.3) is 0 Å². The molecule has 1 heteroatoms. The van der Waals surface area contributed by atoms with Crippen LogP contribution >= 0.6 is 0 Å². The molecule has 0 fully saturated rings. The average molecular weight is 583 g/mol. The Kier molecular flexibility index (Phi) is 6.28. The molecule has 0 unspecified atom stereocenters. The van der Waals surface area contributed by atoms with Gasteiger partial charge in [0.05, 0.1) is 6.61 Å². The zero-order valence-electron chi connectivity index (χ0n) is 26.0. The van der Waals surface area contributed by atoms with Crippen LogP contribution in [0.25, 0.3) is 0 Å². The summed E-state index contributed by atoms with van der Waals surface area (Å²) in [7, 11) is 0. The Balaban J connectivity index is 1.31. The molecule has 0 atom stereocenters. The van der Waals surface area contributed by atoms with Gasteiger partial charge in [0.15, 0.2) is 0 Å². The van der Waals surface area contributed by atoms with E-state index in [2.05, 4.69) is 110 Å². The van der Waals surface area contributed by atoms with Gasteiger partial charge in [0.2, 0.25) is 0 Å². The van der Waals surface area contributed by atoms with Crippen molar-refractivity contribution in [1.29, 1.82) is 0 Å². The van der Waals surface area contributed by atoms with Crippen molar-refractivity contribution in [2.75, 3.05) is 6.61 Å². The van der Waals surface area contributed by atoms with Crippen molar-refractivity contribution < 1.29 is 4.74 Å². The normalized spacial score (nSPS) is 20.3. The summed E-state index contributed by atoms with van der Waals surface area (Å²) in [6, 6.07) is 36.3. The molecule has 0 N–H and O–H groups in total. The van der Waals surface area contributed by atoms with Crippen LogP contribution in [0.4, 0.5) is 0 Å². The molecule has 0 aliphatic heterocycles. The molecule has 6 aliphatic rings. The van der Waals surface area contributed by atoms with Crippen LogP contribution in [0.3, 0.4) is 0 Å². The van der Waals surface area contributed by atoms with E-state index in [0.717, 1.165) is 24.3 Å². The van der Waals surface area contributed by atoms with Crippen LogP contribution in [0.5, 0.6) is 5.75 Å². The number of benzene rings is 5. The molecule has 11 rings (SSSR count). The molecule has 0 saturated carbocycles. The molecule has 0 amide bonds. The van der Waals surface area contributed by atoms with E-state index >= 15 is 0 Å². The first-order valence-corrected chi connectivity index (χ1v) is 17.0. The first kappa shape index (κ1) is 26.8. The van der Waals surface area contributed by atoms with Gasteiger partial charge in [-0.15, -0.1) is 6.42 Å². The SMILES string of the molecule is C#Cc1c2c(c(OCCCCCCCC)c3c1C1c4ccccc4C3c3ccccc31)C1c3ccccc3C2c2ccccc21. The highest BCUT2D eigenvalue weighted by atomic mass is 16.5. The van der Waals surface area contributed by atoms with E-state index in [9.17, 15) is 0 Å². The van der Waals surface area contributed by atoms with Crippen LogP contribution in [0.1, 0.15) is 141 Å². The predicted octanol–water partition coefficient (Wildman–Crippen LogP) is 10.4. The minimum Gasteiger partial charge on any atom is -0.493 e. The van der Waals surface area contributed by atoms with Crippen molar-refractivity contribution in [3.05, 3.63) is 169 Å². The second kappa shape index (κ2) is 10.5. The monoisotopic (exact) mass is 582 g/mol. The van der Waals surface area contributed by atoms with E-state index in [1.807, 2.05) is 0 Å². The Morgan fingerprint density at radius 3 is 1.18 bits per heavy atom. The Bertz CT molecular complexity index is 1800. The number of rotatable bonds is 8. The molecule has 0 radical (unpaired) electrons. The van der Waals surface area contributed by atoms with E-state index < -0.39 is 0 Å². The van der Waals surface area contributed by atoms with Crippen LogP contribution in [0.15, 0.2) is 97.1 Å². The van der Waals surface area contributed by atoms with Gasteiger partial charge in [0.1, 0.15) is 5.75 Å². The summed E-state index contributed by atoms with van der Waals surface area (Å²) in [5, 5.41) is 0. The van der Waals surface area contributed by atoms with Crippen molar-refractivity contribution in [1.82, 2.24) is 0 Å². The number of terminal acetylenes is 1. The van der Waals surface area contributed by atoms with Crippen molar-refractivity contribution in [3.63, 3.8) is 0 Å². The smallest absolute Gasteiger partial charge is 0.128 e. The van der Waals surface area contributed by atoms with Gasteiger partial charge in [-0.25, -0.2) is 0 Å². The molecule has 220 valence electrons. The van der Waals surface area contributed by atoms with Crippen LogP contribution in [-0.2, 0) is 0 Å². The zero-order valence-corrected chi connectivity index (χ0v) is 26.0. The van der Waals surface area contributed by atoms with Crippen molar-refractivity contribution in [3.8, 4) is 18.1 Å². The van der Waals surface area contributed by atoms with E-state index in [1.165, 1.54) is 98.9 Å². The average Bonchev–Trinajstić information content (AvgIpc) is 3.10. The molecule has 45 heavy (non-hydrogen) atoms. The summed E-state index contributed by atoms with van der Waals surface area (Å²) in [6.45, 7) is 3.02. The summed E-state index contributed by atoms with van der Waals surface area (Å²) in [5.41, 5.74) is 17.6. The fourth-order valence-electron chi connectivity index (χ4n) is 9.41. The highest BCUT2D eigenvalue weighted by Crippen LogP contribution is 2.65. The fraction of sp³-hybridized carbons (Fsp3) is 0.273. The molecular formula is C44H38O. The Morgan fingerprint density at radius 2 is 0.822 bits per heavy atom. The standard InChI is InChI=1S/C44H38O/c1-3-5-6-7-8-17-26-45-44-42-38-32-22-13-9-18-28(32)36(29-19-10-14-23-33(29)38)40(42)27(4-2)41-37-30-20-11-15-24-34(30)39(43(41)44)35-25-16-12-21-31(35)37/h2,9-16,18-25,36-39H,3,5-8,17,26H2,1H3. The third-order valence-electron chi connectivity index (χ3n) is 11.1. The van der Waals surface area contributed by atoms with E-state index in [-0.39, 0.29) is 23.7 Å². The topological polar surface area (TPSA) is 9.23 Å². The Hall–Kier alpha value is -4.54. The zero-order chi connectivity index (χ0) is 30.1. The number of unbranched alkanes of at least 4 members (excludes halogenated alkanes) is 5. The second-order valence-corrected chi connectivity index (χ2v) is 13.4. The predicted molar refractivity (Wildman–Crippen MR) is 183 cm³/mol. The molecule has 4 bridgehead atoms. The van der Waals surface area contributed by atoms with E-state index in [0.29, 0.717) is 0 Å². The maximum Gasteiger partial charge on any atom is 0.128 e. The Morgan fingerprint density at radius 1 is 0.489 bits per heavy atom. The maximum absolute atomic E-state index is 7.21. The van der Waals surface area contributed by atoms with E-state index in [1.54, 1.807) is 0 Å². The molecule has 6 aliphatic carbocycles. The molecule has 5 aromatic rings. The minimum atomic E-state index is 0.107. The molecular weight excluding hydrogens is 544 g/mol. The van der Waals surface area contributed by atoms with Crippen LogP contribution in [0.2, 0.25) is 0 Å². The molecule has 0 spiro atoms. The summed E-state index contributed by atoms with van der Waals surface area (Å²) in [6.07, 6.45) is 14.1. The van der Waals surface area contributed by atoms with Crippen LogP contribution < -0.4 is 4.74 Å². The van der Waals surface area contributed by atoms with Crippen molar-refractivity contribution >= 4 is 0 Å². The summed E-state index contributed by atoms with van der Waals surface area (Å²) < 4.78 is 7.21. The largest absolute Gasteiger partial charge is 0.493 e. The summed E-state index contributed by atoms with van der Waals surface area (Å²) >= 11 is 0. The first-order chi connectivity index (χ1) is 22.3. The highest BCUT2D eigenvalue weighted by molar-refractivity contribution is 5.82. The van der Waals surface area contributed by atoms with Crippen molar-refractivity contribution in [2.45, 2.75) is 69.1 Å². The Labute approximate surface area is 267 Å². The molecule has 0 heterocycles. The van der Waals surface area contributed by atoms with Crippen molar-refractivity contribution in [2.24, 2.45) is 0 Å². The van der Waals surface area contributed by atoms with Gasteiger partial charge in [-0.3, -0.25) is 0 Å². The maximum atomic E-state index is 7.21. The lowest BCUT2D eigenvalue weighted by Gasteiger charge is -2.48. The summed E-state index contributed by atoms with van der Waals surface area (Å²) in [4.78, 5) is 0. The third-order valence-corrected chi connectivity index (χ3v) is 11.1. The quantitative estimate of drug-likeness (QED) is 0.128. The highest BCUT2D eigenvalue weighted by Gasteiger charge is 2.51. The van der Waals surface area contributed by atoms with Gasteiger partial charge in [-0.05, 0) is 62.1 Å². The van der Waals surface area contributed by atoms with Gasteiger partial charge < -0.3 is 4.74 Å². The lowest BCUT2D eigenvalue weighted by atomic mass is 9.54. The van der Waals surface area contributed by atoms with Gasteiger partial charge in [-0.1, -0.05) is 142 Å². The first-order valence-electron chi connectivity index (χ1n) is 17.0. The van der Waals surface area contributed by atoms with Gasteiger partial charge >= 0.3 is 0 Å². The minimum absolute atomic E-state index is 0.107. The molecule has 1 nitrogen and oxygen atoms in total. The third kappa shape index (κ3) is 3.69. The lowest BCUT2D eigenvalue weighted by Crippen LogP contribution is -2.34.